The molecule has 1 amide bonds. The van der Waals surface area contributed by atoms with E-state index < -0.39 is 0 Å². The second kappa shape index (κ2) is 6.48. The average Bonchev–Trinajstić information content (AvgIpc) is 3.03. The molecule has 1 fully saturated rings. The molecule has 0 aliphatic carbocycles. The van der Waals surface area contributed by atoms with E-state index in [0.29, 0.717) is 6.42 Å². The predicted octanol–water partition coefficient (Wildman–Crippen LogP) is 2.65. The zero-order valence-corrected chi connectivity index (χ0v) is 13.9. The molecule has 116 valence electrons. The summed E-state index contributed by atoms with van der Waals surface area (Å²) in [6.45, 7) is 7.68. The summed E-state index contributed by atoms with van der Waals surface area (Å²) in [4.78, 5) is 20.8. The Morgan fingerprint density at radius 3 is 2.68 bits per heavy atom. The molecule has 4 nitrogen and oxygen atoms in total. The summed E-state index contributed by atoms with van der Waals surface area (Å²) in [6, 6.07) is 6.43. The molecule has 0 saturated carbocycles. The fourth-order valence-electron chi connectivity index (χ4n) is 2.87. The first kappa shape index (κ1) is 15.0. The summed E-state index contributed by atoms with van der Waals surface area (Å²) in [6.07, 6.45) is 0.424. The number of carbonyl (C=O) groups is 1. The van der Waals surface area contributed by atoms with Gasteiger partial charge in [0.25, 0.3) is 0 Å². The van der Waals surface area contributed by atoms with E-state index in [1.165, 1.54) is 28.2 Å². The van der Waals surface area contributed by atoms with Crippen LogP contribution in [-0.4, -0.2) is 42.0 Å². The predicted molar refractivity (Wildman–Crippen MR) is 90.5 cm³/mol. The van der Waals surface area contributed by atoms with Crippen LogP contribution in [0.15, 0.2) is 29.1 Å². The van der Waals surface area contributed by atoms with Gasteiger partial charge in [0.1, 0.15) is 0 Å². The number of thiazole rings is 1. The van der Waals surface area contributed by atoms with Gasteiger partial charge < -0.3 is 9.80 Å². The summed E-state index contributed by atoms with van der Waals surface area (Å²) in [5.74, 6) is 0.187. The highest BCUT2D eigenvalue weighted by Gasteiger charge is 2.22. The molecule has 2 aromatic rings. The van der Waals surface area contributed by atoms with E-state index in [2.05, 4.69) is 41.9 Å². The summed E-state index contributed by atoms with van der Waals surface area (Å²) in [5, 5.41) is 1.95. The Balaban J connectivity index is 1.60. The van der Waals surface area contributed by atoms with E-state index in [4.69, 9.17) is 0 Å². The van der Waals surface area contributed by atoms with Crippen molar-refractivity contribution in [2.75, 3.05) is 31.1 Å². The molecule has 0 radical (unpaired) electrons. The van der Waals surface area contributed by atoms with Crippen LogP contribution in [0.4, 0.5) is 5.69 Å². The molecule has 2 heterocycles. The lowest BCUT2D eigenvalue weighted by molar-refractivity contribution is -0.130. The van der Waals surface area contributed by atoms with Gasteiger partial charge in [0.05, 0.1) is 17.6 Å². The Labute approximate surface area is 135 Å². The third-order valence-electron chi connectivity index (χ3n) is 4.36. The summed E-state index contributed by atoms with van der Waals surface area (Å²) in [7, 11) is 0. The van der Waals surface area contributed by atoms with Gasteiger partial charge in [-0.25, -0.2) is 4.98 Å². The normalized spacial score (nSPS) is 15.2. The fraction of sp³-hybridized carbons (Fsp3) is 0.412. The largest absolute Gasteiger partial charge is 0.368 e. The molecule has 22 heavy (non-hydrogen) atoms. The Kier molecular flexibility index (Phi) is 4.43. The number of carbonyl (C=O) groups excluding carboxylic acids is 1. The standard InChI is InChI=1S/C17H21N3OS/c1-13-4-3-5-16(14(13)2)19-6-8-20(9-7-19)17(21)10-15-11-22-12-18-15/h3-5,11-12H,6-10H2,1-2H3. The maximum absolute atomic E-state index is 12.3. The summed E-state index contributed by atoms with van der Waals surface area (Å²) in [5.41, 5.74) is 6.61. The van der Waals surface area contributed by atoms with Crippen LogP contribution < -0.4 is 4.90 Å². The van der Waals surface area contributed by atoms with Gasteiger partial charge in [0, 0.05) is 37.2 Å². The van der Waals surface area contributed by atoms with Gasteiger partial charge in [0.2, 0.25) is 5.91 Å². The maximum Gasteiger partial charge on any atom is 0.228 e. The van der Waals surface area contributed by atoms with E-state index in [-0.39, 0.29) is 5.91 Å². The molecule has 0 N–H and O–H groups in total. The van der Waals surface area contributed by atoms with Gasteiger partial charge in [-0.3, -0.25) is 4.79 Å². The van der Waals surface area contributed by atoms with Crippen molar-refractivity contribution in [2.45, 2.75) is 20.3 Å². The fourth-order valence-corrected chi connectivity index (χ4v) is 3.42. The van der Waals surface area contributed by atoms with Gasteiger partial charge in [-0.05, 0) is 31.0 Å². The zero-order chi connectivity index (χ0) is 15.5. The van der Waals surface area contributed by atoms with Crippen LogP contribution in [-0.2, 0) is 11.2 Å². The van der Waals surface area contributed by atoms with Gasteiger partial charge in [0.15, 0.2) is 0 Å². The molecule has 1 aliphatic heterocycles. The van der Waals surface area contributed by atoms with E-state index in [1.807, 2.05) is 10.3 Å². The number of nitrogens with zero attached hydrogens (tertiary/aromatic N) is 3. The molecule has 0 spiro atoms. The van der Waals surface area contributed by atoms with Gasteiger partial charge in [-0.1, -0.05) is 12.1 Å². The Morgan fingerprint density at radius 1 is 1.23 bits per heavy atom. The van der Waals surface area contributed by atoms with Crippen LogP contribution in [0.25, 0.3) is 0 Å². The molecule has 1 aromatic heterocycles. The number of aromatic nitrogens is 1. The SMILES string of the molecule is Cc1cccc(N2CCN(C(=O)Cc3cscn3)CC2)c1C. The summed E-state index contributed by atoms with van der Waals surface area (Å²) >= 11 is 1.54. The van der Waals surface area contributed by atoms with Crippen LogP contribution in [0, 0.1) is 13.8 Å². The molecule has 0 bridgehead atoms. The van der Waals surface area contributed by atoms with Crippen LogP contribution in [0.1, 0.15) is 16.8 Å². The van der Waals surface area contributed by atoms with Crippen LogP contribution in [0.3, 0.4) is 0 Å². The smallest absolute Gasteiger partial charge is 0.228 e. The molecule has 3 rings (SSSR count). The van der Waals surface area contributed by atoms with Gasteiger partial charge in [-0.15, -0.1) is 11.3 Å². The van der Waals surface area contributed by atoms with Crippen molar-refractivity contribution >= 4 is 22.9 Å². The maximum atomic E-state index is 12.3. The first-order chi connectivity index (χ1) is 10.6. The van der Waals surface area contributed by atoms with Crippen molar-refractivity contribution in [1.82, 2.24) is 9.88 Å². The van der Waals surface area contributed by atoms with Crippen molar-refractivity contribution in [3.63, 3.8) is 0 Å². The highest BCUT2D eigenvalue weighted by molar-refractivity contribution is 7.07. The minimum Gasteiger partial charge on any atom is -0.368 e. The third-order valence-corrected chi connectivity index (χ3v) is 5.00. The second-order valence-corrected chi connectivity index (χ2v) is 6.46. The lowest BCUT2D eigenvalue weighted by Gasteiger charge is -2.37. The molecule has 1 aromatic carbocycles. The first-order valence-electron chi connectivity index (χ1n) is 7.61. The van der Waals surface area contributed by atoms with Crippen LogP contribution >= 0.6 is 11.3 Å². The number of rotatable bonds is 3. The van der Waals surface area contributed by atoms with Crippen LogP contribution in [0.5, 0.6) is 0 Å². The Bertz CT molecular complexity index is 646. The van der Waals surface area contributed by atoms with E-state index >= 15 is 0 Å². The second-order valence-electron chi connectivity index (χ2n) is 5.74. The molecule has 0 unspecified atom stereocenters. The van der Waals surface area contributed by atoms with E-state index in [0.717, 1.165) is 31.9 Å². The van der Waals surface area contributed by atoms with E-state index in [9.17, 15) is 4.79 Å². The topological polar surface area (TPSA) is 36.4 Å². The van der Waals surface area contributed by atoms with Crippen molar-refractivity contribution in [1.29, 1.82) is 0 Å². The van der Waals surface area contributed by atoms with E-state index in [1.54, 1.807) is 5.51 Å². The van der Waals surface area contributed by atoms with Gasteiger partial charge >= 0.3 is 0 Å². The minimum atomic E-state index is 0.187. The quantitative estimate of drug-likeness (QED) is 0.874. The average molecular weight is 315 g/mol. The monoisotopic (exact) mass is 315 g/mol. The highest BCUT2D eigenvalue weighted by Crippen LogP contribution is 2.24. The Hall–Kier alpha value is -1.88. The summed E-state index contributed by atoms with van der Waals surface area (Å²) < 4.78 is 0. The molecule has 0 atom stereocenters. The third kappa shape index (κ3) is 3.14. The lowest BCUT2D eigenvalue weighted by Crippen LogP contribution is -2.49. The zero-order valence-electron chi connectivity index (χ0n) is 13.1. The molecule has 5 heteroatoms. The van der Waals surface area contributed by atoms with Crippen molar-refractivity contribution < 1.29 is 4.79 Å². The van der Waals surface area contributed by atoms with Crippen LogP contribution in [0.2, 0.25) is 0 Å². The molecular weight excluding hydrogens is 294 g/mol. The minimum absolute atomic E-state index is 0.187. The van der Waals surface area contributed by atoms with Gasteiger partial charge in [-0.2, -0.15) is 0 Å². The lowest BCUT2D eigenvalue weighted by atomic mass is 10.1. The number of anilines is 1. The Morgan fingerprint density at radius 2 is 2.00 bits per heavy atom. The molecular formula is C17H21N3OS. The number of piperazine rings is 1. The number of hydrogen-bond donors (Lipinski definition) is 0. The van der Waals surface area contributed by atoms with Crippen molar-refractivity contribution in [3.8, 4) is 0 Å². The highest BCUT2D eigenvalue weighted by atomic mass is 32.1. The first-order valence-corrected chi connectivity index (χ1v) is 8.55. The number of aryl methyl sites for hydroxylation is 1. The van der Waals surface area contributed by atoms with Crippen molar-refractivity contribution in [3.05, 3.63) is 45.9 Å². The molecule has 1 aliphatic rings. The number of amides is 1. The molecule has 1 saturated heterocycles. The number of benzene rings is 1. The van der Waals surface area contributed by atoms with Crippen molar-refractivity contribution in [2.24, 2.45) is 0 Å². The number of hydrogen-bond acceptors (Lipinski definition) is 4.